The number of benzene rings is 1. The topological polar surface area (TPSA) is 29.1 Å². The Balaban J connectivity index is 1.64. The zero-order valence-electron chi connectivity index (χ0n) is 10.8. The summed E-state index contributed by atoms with van der Waals surface area (Å²) in [5.74, 6) is 1.35. The Kier molecular flexibility index (Phi) is 3.61. The molecule has 1 aromatic rings. The lowest BCUT2D eigenvalue weighted by atomic mass is 10.1. The van der Waals surface area contributed by atoms with Crippen LogP contribution in [0.4, 0.5) is 5.69 Å². The van der Waals surface area contributed by atoms with E-state index in [1.807, 2.05) is 12.1 Å². The van der Waals surface area contributed by atoms with Crippen molar-refractivity contribution in [2.45, 2.75) is 25.7 Å². The summed E-state index contributed by atoms with van der Waals surface area (Å²) >= 11 is 5.84. The maximum Gasteiger partial charge on any atom is 0.228 e. The SMILES string of the molecule is O=C(Nc1ccc(Cl)cc1)[C@H]1[C@H]2C=CCCCC[C@H]21. The van der Waals surface area contributed by atoms with Crippen molar-refractivity contribution >= 4 is 23.2 Å². The second-order valence-corrected chi connectivity index (χ2v) is 5.91. The van der Waals surface area contributed by atoms with Crippen molar-refractivity contribution in [3.63, 3.8) is 0 Å². The number of carbonyl (C=O) groups excluding carboxylic acids is 1. The quantitative estimate of drug-likeness (QED) is 0.803. The van der Waals surface area contributed by atoms with Gasteiger partial charge in [0.2, 0.25) is 5.91 Å². The van der Waals surface area contributed by atoms with E-state index in [4.69, 9.17) is 11.6 Å². The van der Waals surface area contributed by atoms with Gasteiger partial charge in [-0.2, -0.15) is 0 Å². The van der Waals surface area contributed by atoms with E-state index in [1.54, 1.807) is 12.1 Å². The average molecular weight is 276 g/mol. The van der Waals surface area contributed by atoms with Crippen LogP contribution >= 0.6 is 11.6 Å². The zero-order valence-corrected chi connectivity index (χ0v) is 11.6. The van der Waals surface area contributed by atoms with Crippen LogP contribution in [0.5, 0.6) is 0 Å². The Morgan fingerprint density at radius 1 is 1.21 bits per heavy atom. The molecule has 1 aromatic carbocycles. The second kappa shape index (κ2) is 5.38. The minimum Gasteiger partial charge on any atom is -0.326 e. The number of nitrogens with one attached hydrogen (secondary N) is 1. The number of allylic oxidation sites excluding steroid dienone is 2. The molecule has 0 unspecified atom stereocenters. The van der Waals surface area contributed by atoms with Crippen LogP contribution in [0.15, 0.2) is 36.4 Å². The van der Waals surface area contributed by atoms with Crippen molar-refractivity contribution < 1.29 is 4.79 Å². The molecule has 0 radical (unpaired) electrons. The van der Waals surface area contributed by atoms with Gasteiger partial charge < -0.3 is 5.32 Å². The first kappa shape index (κ1) is 12.7. The van der Waals surface area contributed by atoms with Crippen molar-refractivity contribution in [3.8, 4) is 0 Å². The lowest BCUT2D eigenvalue weighted by Gasteiger charge is -2.04. The average Bonchev–Trinajstić information content (AvgIpc) is 3.03. The number of fused-ring (bicyclic) bond motifs is 1. The fourth-order valence-corrected chi connectivity index (χ4v) is 3.18. The van der Waals surface area contributed by atoms with Gasteiger partial charge in [-0.1, -0.05) is 30.2 Å². The molecule has 0 heterocycles. The second-order valence-electron chi connectivity index (χ2n) is 5.48. The fourth-order valence-electron chi connectivity index (χ4n) is 3.06. The highest BCUT2D eigenvalue weighted by Gasteiger charge is 2.52. The highest BCUT2D eigenvalue weighted by atomic mass is 35.5. The highest BCUT2D eigenvalue weighted by molar-refractivity contribution is 6.30. The van der Waals surface area contributed by atoms with Crippen molar-refractivity contribution in [2.75, 3.05) is 5.32 Å². The van der Waals surface area contributed by atoms with Crippen LogP contribution in [0.25, 0.3) is 0 Å². The molecule has 1 saturated carbocycles. The Hall–Kier alpha value is -1.28. The Labute approximate surface area is 118 Å². The third-order valence-corrected chi connectivity index (χ3v) is 4.41. The van der Waals surface area contributed by atoms with Gasteiger partial charge in [0.1, 0.15) is 0 Å². The van der Waals surface area contributed by atoms with Crippen LogP contribution in [0.3, 0.4) is 0 Å². The molecule has 2 aliphatic carbocycles. The van der Waals surface area contributed by atoms with Crippen molar-refractivity contribution in [1.29, 1.82) is 0 Å². The number of amides is 1. The summed E-state index contributed by atoms with van der Waals surface area (Å²) in [6, 6.07) is 7.29. The zero-order chi connectivity index (χ0) is 13.2. The third-order valence-electron chi connectivity index (χ3n) is 4.16. The van der Waals surface area contributed by atoms with Gasteiger partial charge in [-0.3, -0.25) is 4.79 Å². The number of hydrogen-bond acceptors (Lipinski definition) is 1. The van der Waals surface area contributed by atoms with Gasteiger partial charge in [0.05, 0.1) is 0 Å². The molecule has 0 spiro atoms. The third kappa shape index (κ3) is 2.84. The van der Waals surface area contributed by atoms with E-state index in [1.165, 1.54) is 19.3 Å². The predicted octanol–water partition coefficient (Wildman–Crippen LogP) is 4.27. The maximum absolute atomic E-state index is 12.3. The van der Waals surface area contributed by atoms with E-state index < -0.39 is 0 Å². The van der Waals surface area contributed by atoms with Crippen LogP contribution < -0.4 is 5.32 Å². The lowest BCUT2D eigenvalue weighted by Crippen LogP contribution is -2.15. The summed E-state index contributed by atoms with van der Waals surface area (Å²) in [7, 11) is 0. The number of hydrogen-bond donors (Lipinski definition) is 1. The molecule has 3 atom stereocenters. The molecule has 0 aliphatic heterocycles. The van der Waals surface area contributed by atoms with Crippen LogP contribution in [-0.2, 0) is 4.79 Å². The van der Waals surface area contributed by atoms with Crippen LogP contribution in [0.2, 0.25) is 5.02 Å². The first-order valence-electron chi connectivity index (χ1n) is 6.99. The monoisotopic (exact) mass is 275 g/mol. The minimum atomic E-state index is 0.156. The van der Waals surface area contributed by atoms with E-state index in [0.29, 0.717) is 16.9 Å². The lowest BCUT2D eigenvalue weighted by molar-refractivity contribution is -0.117. The van der Waals surface area contributed by atoms with Crippen LogP contribution in [0.1, 0.15) is 25.7 Å². The number of halogens is 1. The molecular weight excluding hydrogens is 258 g/mol. The number of anilines is 1. The van der Waals surface area contributed by atoms with Gasteiger partial charge >= 0.3 is 0 Å². The Bertz CT molecular complexity index is 494. The molecule has 100 valence electrons. The summed E-state index contributed by atoms with van der Waals surface area (Å²) in [6.45, 7) is 0. The van der Waals surface area contributed by atoms with E-state index in [2.05, 4.69) is 17.5 Å². The molecule has 0 saturated heterocycles. The normalized spacial score (nSPS) is 29.0. The molecule has 2 nitrogen and oxygen atoms in total. The van der Waals surface area contributed by atoms with E-state index in [-0.39, 0.29) is 11.8 Å². The van der Waals surface area contributed by atoms with Gasteiger partial charge in [0, 0.05) is 16.6 Å². The molecule has 19 heavy (non-hydrogen) atoms. The first-order valence-corrected chi connectivity index (χ1v) is 7.36. The molecule has 0 aromatic heterocycles. The number of carbonyl (C=O) groups is 1. The predicted molar refractivity (Wildman–Crippen MR) is 78.2 cm³/mol. The smallest absolute Gasteiger partial charge is 0.228 e. The van der Waals surface area contributed by atoms with Crippen LogP contribution in [-0.4, -0.2) is 5.91 Å². The standard InChI is InChI=1S/C16H18ClNO/c17-11-7-9-12(10-8-11)18-16(19)15-13-5-3-1-2-4-6-14(13)15/h3,5,7-10,13-15H,1-2,4,6H2,(H,18,19)/t13-,14+,15-/m0/s1. The summed E-state index contributed by atoms with van der Waals surface area (Å²) in [6.07, 6.45) is 9.34. The number of rotatable bonds is 2. The molecule has 0 bridgehead atoms. The van der Waals surface area contributed by atoms with Gasteiger partial charge in [-0.05, 0) is 55.4 Å². The fraction of sp³-hybridized carbons (Fsp3) is 0.438. The summed E-state index contributed by atoms with van der Waals surface area (Å²) in [5, 5.41) is 3.69. The molecule has 1 fully saturated rings. The van der Waals surface area contributed by atoms with Gasteiger partial charge in [-0.15, -0.1) is 0 Å². The van der Waals surface area contributed by atoms with Crippen LogP contribution in [0, 0.1) is 17.8 Å². The molecular formula is C16H18ClNO. The Morgan fingerprint density at radius 3 is 2.79 bits per heavy atom. The molecule has 3 heteroatoms. The molecule has 3 rings (SSSR count). The van der Waals surface area contributed by atoms with E-state index in [0.717, 1.165) is 12.1 Å². The van der Waals surface area contributed by atoms with E-state index in [9.17, 15) is 4.79 Å². The molecule has 1 amide bonds. The summed E-state index contributed by atoms with van der Waals surface area (Å²) in [4.78, 5) is 12.3. The van der Waals surface area contributed by atoms with Gasteiger partial charge in [0.15, 0.2) is 0 Å². The highest BCUT2D eigenvalue weighted by Crippen LogP contribution is 2.51. The van der Waals surface area contributed by atoms with E-state index >= 15 is 0 Å². The first-order chi connectivity index (χ1) is 9.25. The largest absolute Gasteiger partial charge is 0.326 e. The van der Waals surface area contributed by atoms with Gasteiger partial charge in [0.25, 0.3) is 0 Å². The van der Waals surface area contributed by atoms with Crippen molar-refractivity contribution in [1.82, 2.24) is 0 Å². The van der Waals surface area contributed by atoms with Crippen molar-refractivity contribution in [3.05, 3.63) is 41.4 Å². The Morgan fingerprint density at radius 2 is 2.00 bits per heavy atom. The molecule has 1 N–H and O–H groups in total. The summed E-state index contributed by atoms with van der Waals surface area (Å²) < 4.78 is 0. The molecule has 2 aliphatic rings. The van der Waals surface area contributed by atoms with Crippen molar-refractivity contribution in [2.24, 2.45) is 17.8 Å². The maximum atomic E-state index is 12.3. The minimum absolute atomic E-state index is 0.156. The summed E-state index contributed by atoms with van der Waals surface area (Å²) in [5.41, 5.74) is 0.831. The van der Waals surface area contributed by atoms with Gasteiger partial charge in [-0.25, -0.2) is 0 Å².